The Balaban J connectivity index is -0.0000000150. The summed E-state index contributed by atoms with van der Waals surface area (Å²) < 4.78 is 0. The molecule has 0 aromatic heterocycles. The Morgan fingerprint density at radius 1 is 1.29 bits per heavy atom. The molecule has 0 rings (SSSR count). The van der Waals surface area contributed by atoms with Crippen molar-refractivity contribution in [2.24, 2.45) is 0 Å². The zero-order valence-electron chi connectivity index (χ0n) is 4.59. The van der Waals surface area contributed by atoms with Crippen molar-refractivity contribution >= 4 is 0 Å². The minimum absolute atomic E-state index is 0. The van der Waals surface area contributed by atoms with E-state index in [1.54, 1.807) is 6.08 Å². The molecule has 0 bridgehead atoms. The van der Waals surface area contributed by atoms with E-state index in [0.717, 1.165) is 0 Å². The fourth-order valence-electron chi connectivity index (χ4n) is 0. The molecule has 0 aliphatic rings. The normalized spacial score (nSPS) is 3.00. The van der Waals surface area contributed by atoms with E-state index in [2.05, 4.69) is 6.58 Å². The third-order valence-electron chi connectivity index (χ3n) is 0.236. The first-order valence-corrected chi connectivity index (χ1v) is 1.32. The Bertz CT molecular complexity index is 20.9. The molecule has 33 valence electrons. The summed E-state index contributed by atoms with van der Waals surface area (Å²) in [6.07, 6.45) is 3.64. The van der Waals surface area contributed by atoms with Crippen molar-refractivity contribution < 1.29 is 98.1 Å². The number of hydrogen-bond acceptors (Lipinski definition) is 0. The van der Waals surface area contributed by atoms with E-state index in [-0.39, 0.29) is 98.1 Å². The zero-order valence-corrected chi connectivity index (χ0v) is 13.1. The molecule has 0 N–H and O–H groups in total. The van der Waals surface area contributed by atoms with E-state index >= 15 is 0 Å². The third kappa shape index (κ3) is 27.8. The number of allylic oxidation sites excluding steroid dienone is 1. The Morgan fingerprint density at radius 3 is 1.43 bits per heavy atom. The van der Waals surface area contributed by atoms with Crippen molar-refractivity contribution in [3.8, 4) is 0 Å². The molecule has 3 heteroatoms. The van der Waals surface area contributed by atoms with Crippen LogP contribution >= 0.6 is 0 Å². The van der Waals surface area contributed by atoms with E-state index in [1.807, 2.05) is 13.3 Å². The smallest absolute Gasteiger partial charge is 0 e. The van der Waals surface area contributed by atoms with Gasteiger partial charge in [-0.2, -0.15) is 0 Å². The molecular formula is C4H7Y3-. The third-order valence-corrected chi connectivity index (χ3v) is 0.236. The molecule has 0 aliphatic heterocycles. The second-order valence-electron chi connectivity index (χ2n) is 0.569. The van der Waals surface area contributed by atoms with Gasteiger partial charge in [-0.25, -0.2) is 19.1 Å². The molecule has 0 amide bonds. The molecule has 3 radical (unpaired) electrons. The van der Waals surface area contributed by atoms with E-state index < -0.39 is 0 Å². The molecule has 0 aliphatic carbocycles. The van der Waals surface area contributed by atoms with Gasteiger partial charge in [0.25, 0.3) is 0 Å². The van der Waals surface area contributed by atoms with Crippen molar-refractivity contribution in [2.45, 2.75) is 6.92 Å². The van der Waals surface area contributed by atoms with Crippen LogP contribution in [-0.4, -0.2) is 0 Å². The molecule has 0 fully saturated rings. The number of rotatable bonds is 1. The van der Waals surface area contributed by atoms with Gasteiger partial charge in [-0.1, -0.05) is 0 Å². The van der Waals surface area contributed by atoms with Crippen LogP contribution in [0.2, 0.25) is 0 Å². The molecule has 7 heavy (non-hydrogen) atoms. The second-order valence-corrected chi connectivity index (χ2v) is 0.569. The van der Waals surface area contributed by atoms with Gasteiger partial charge in [0.2, 0.25) is 0 Å². The van der Waals surface area contributed by atoms with Crippen molar-refractivity contribution in [1.82, 2.24) is 0 Å². The quantitative estimate of drug-likeness (QED) is 0.640. The summed E-state index contributed by atoms with van der Waals surface area (Å²) in [5.41, 5.74) is 0. The minimum Gasteiger partial charge on any atom is -0.245 e. The Hall–Kier alpha value is 2.92. The summed E-state index contributed by atoms with van der Waals surface area (Å²) >= 11 is 0. The fourth-order valence-corrected chi connectivity index (χ4v) is 0. The van der Waals surface area contributed by atoms with Crippen molar-refractivity contribution in [2.75, 3.05) is 0 Å². The molecule has 0 unspecified atom stereocenters. The van der Waals surface area contributed by atoms with Crippen LogP contribution in [0.3, 0.4) is 0 Å². The maximum Gasteiger partial charge on any atom is 0 e. The Kier molecular flexibility index (Phi) is 74.4. The van der Waals surface area contributed by atoms with Gasteiger partial charge in [-0.15, -0.1) is 6.92 Å². The maximum atomic E-state index is 3.42. The fraction of sp³-hybridized carbons (Fsp3) is 0.250. The van der Waals surface area contributed by atoms with Crippen LogP contribution < -0.4 is 0 Å². The predicted octanol–water partition coefficient (Wildman–Crippen LogP) is 1.39. The summed E-state index contributed by atoms with van der Waals surface area (Å²) in [7, 11) is 0. The van der Waals surface area contributed by atoms with Crippen LogP contribution in [0.15, 0.2) is 12.7 Å². The van der Waals surface area contributed by atoms with Gasteiger partial charge in [-0.05, 0) is 0 Å². The molecule has 0 aromatic rings. The second kappa shape index (κ2) is 23.1. The average molecular weight is 322 g/mol. The molecule has 0 saturated carbocycles. The van der Waals surface area contributed by atoms with E-state index in [4.69, 9.17) is 0 Å². The first-order chi connectivity index (χ1) is 1.91. The van der Waals surface area contributed by atoms with Gasteiger partial charge in [0.05, 0.1) is 0 Å². The van der Waals surface area contributed by atoms with Crippen LogP contribution in [-0.2, 0) is 98.1 Å². The van der Waals surface area contributed by atoms with Gasteiger partial charge >= 0.3 is 0 Å². The topological polar surface area (TPSA) is 0 Å². The first-order valence-electron chi connectivity index (χ1n) is 1.32. The predicted molar refractivity (Wildman–Crippen MR) is 20.2 cm³/mol. The molecule has 0 saturated heterocycles. The van der Waals surface area contributed by atoms with Gasteiger partial charge in [-0.3, -0.25) is 0 Å². The minimum atomic E-state index is 0. The SMILES string of the molecule is C=C[CH-]C.[Y].[Y].[Y]. The molecule has 0 spiro atoms. The van der Waals surface area contributed by atoms with E-state index in [0.29, 0.717) is 0 Å². The number of hydrogen-bond donors (Lipinski definition) is 0. The van der Waals surface area contributed by atoms with Crippen molar-refractivity contribution in [3.63, 3.8) is 0 Å². The molecule has 0 heterocycles. The molecule has 0 nitrogen and oxygen atoms in total. The maximum absolute atomic E-state index is 3.42. The van der Waals surface area contributed by atoms with E-state index in [9.17, 15) is 0 Å². The first kappa shape index (κ1) is 22.5. The summed E-state index contributed by atoms with van der Waals surface area (Å²) in [5.74, 6) is 0. The summed E-state index contributed by atoms with van der Waals surface area (Å²) in [6, 6.07) is 0. The van der Waals surface area contributed by atoms with E-state index in [1.165, 1.54) is 0 Å². The average Bonchev–Trinajstić information content (AvgIpc) is 1.37. The van der Waals surface area contributed by atoms with Gasteiger partial charge < -0.3 is 0 Å². The zero-order chi connectivity index (χ0) is 3.41. The molecular weight excluding hydrogens is 315 g/mol. The van der Waals surface area contributed by atoms with Crippen LogP contribution in [0, 0.1) is 6.42 Å². The van der Waals surface area contributed by atoms with Gasteiger partial charge in [0.1, 0.15) is 0 Å². The van der Waals surface area contributed by atoms with Crippen LogP contribution in [0.5, 0.6) is 0 Å². The molecule has 0 aromatic carbocycles. The van der Waals surface area contributed by atoms with Gasteiger partial charge in [0.15, 0.2) is 0 Å². The van der Waals surface area contributed by atoms with Crippen molar-refractivity contribution in [1.29, 1.82) is 0 Å². The summed E-state index contributed by atoms with van der Waals surface area (Å²) in [4.78, 5) is 0. The van der Waals surface area contributed by atoms with Crippen molar-refractivity contribution in [3.05, 3.63) is 19.1 Å². The Morgan fingerprint density at radius 2 is 1.43 bits per heavy atom. The van der Waals surface area contributed by atoms with Crippen LogP contribution in [0.4, 0.5) is 0 Å². The summed E-state index contributed by atoms with van der Waals surface area (Å²) in [6.45, 7) is 5.36. The standard InChI is InChI=1S/C4H7.3Y/c1-3-4-2;;;/h3-4H,1H2,2H3;;;/q-1;;;. The van der Waals surface area contributed by atoms with Crippen LogP contribution in [0.1, 0.15) is 6.92 Å². The Labute approximate surface area is 121 Å². The molecule has 0 atom stereocenters. The summed E-state index contributed by atoms with van der Waals surface area (Å²) in [5, 5.41) is 0. The largest absolute Gasteiger partial charge is 0.245 e. The van der Waals surface area contributed by atoms with Crippen LogP contribution in [0.25, 0.3) is 0 Å². The monoisotopic (exact) mass is 322 g/mol. The van der Waals surface area contributed by atoms with Gasteiger partial charge in [0, 0.05) is 98.1 Å².